The second-order valence-electron chi connectivity index (χ2n) is 4.79. The standard InChI is InChI=1S/C17H15Cl2NO5/c1-23-14-5-3-4-11(16(14)24-2)17(22)25-9-15(21)20-10-6-7-12(18)13(19)8-10/h3-8H,9H2,1-2H3,(H,20,21). The van der Waals surface area contributed by atoms with Gasteiger partial charge in [0.25, 0.3) is 5.91 Å². The van der Waals surface area contributed by atoms with E-state index in [2.05, 4.69) is 5.32 Å². The Morgan fingerprint density at radius 3 is 2.44 bits per heavy atom. The van der Waals surface area contributed by atoms with Gasteiger partial charge in [-0.25, -0.2) is 4.79 Å². The van der Waals surface area contributed by atoms with Crippen LogP contribution in [0.4, 0.5) is 5.69 Å². The highest BCUT2D eigenvalue weighted by molar-refractivity contribution is 6.42. The molecule has 132 valence electrons. The van der Waals surface area contributed by atoms with Gasteiger partial charge in [-0.05, 0) is 30.3 Å². The molecule has 1 amide bonds. The third-order valence-electron chi connectivity index (χ3n) is 3.16. The number of hydrogen-bond donors (Lipinski definition) is 1. The average molecular weight is 384 g/mol. The molecule has 25 heavy (non-hydrogen) atoms. The van der Waals surface area contributed by atoms with Crippen molar-refractivity contribution in [3.05, 3.63) is 52.0 Å². The molecule has 2 rings (SSSR count). The summed E-state index contributed by atoms with van der Waals surface area (Å²) in [6.45, 7) is -0.473. The van der Waals surface area contributed by atoms with Crippen molar-refractivity contribution in [3.63, 3.8) is 0 Å². The van der Waals surface area contributed by atoms with Crippen LogP contribution in [0.25, 0.3) is 0 Å². The second kappa shape index (κ2) is 8.60. The molecule has 0 aliphatic carbocycles. The summed E-state index contributed by atoms with van der Waals surface area (Å²) in [5.74, 6) is -0.606. The average Bonchev–Trinajstić information content (AvgIpc) is 2.61. The fourth-order valence-corrected chi connectivity index (χ4v) is 2.33. The van der Waals surface area contributed by atoms with E-state index in [-0.39, 0.29) is 11.3 Å². The van der Waals surface area contributed by atoms with E-state index in [1.807, 2.05) is 0 Å². The van der Waals surface area contributed by atoms with Gasteiger partial charge in [-0.3, -0.25) is 4.79 Å². The molecule has 6 nitrogen and oxygen atoms in total. The smallest absolute Gasteiger partial charge is 0.342 e. The number of ether oxygens (including phenoxy) is 3. The molecule has 0 unspecified atom stereocenters. The maximum absolute atomic E-state index is 12.2. The maximum Gasteiger partial charge on any atom is 0.342 e. The van der Waals surface area contributed by atoms with Gasteiger partial charge in [0.05, 0.1) is 24.3 Å². The zero-order chi connectivity index (χ0) is 18.4. The third kappa shape index (κ3) is 4.78. The molecule has 0 spiro atoms. The van der Waals surface area contributed by atoms with Crippen molar-refractivity contribution >= 4 is 40.8 Å². The molecule has 0 saturated heterocycles. The summed E-state index contributed by atoms with van der Waals surface area (Å²) in [7, 11) is 2.86. The first-order valence-electron chi connectivity index (χ1n) is 7.09. The highest BCUT2D eigenvalue weighted by Crippen LogP contribution is 2.31. The number of methoxy groups -OCH3 is 2. The molecule has 0 aromatic heterocycles. The summed E-state index contributed by atoms with van der Waals surface area (Å²) >= 11 is 11.7. The molecule has 0 atom stereocenters. The van der Waals surface area contributed by atoms with Crippen molar-refractivity contribution in [2.75, 3.05) is 26.1 Å². The number of rotatable bonds is 6. The van der Waals surface area contributed by atoms with E-state index >= 15 is 0 Å². The van der Waals surface area contributed by atoms with Crippen LogP contribution in [-0.2, 0) is 9.53 Å². The second-order valence-corrected chi connectivity index (χ2v) is 5.61. The molecule has 2 aromatic rings. The molecule has 8 heteroatoms. The van der Waals surface area contributed by atoms with Gasteiger partial charge in [0.1, 0.15) is 5.56 Å². The Balaban J connectivity index is 2.00. The lowest BCUT2D eigenvalue weighted by molar-refractivity contribution is -0.119. The summed E-state index contributed by atoms with van der Waals surface area (Å²) in [6, 6.07) is 9.40. The Morgan fingerprint density at radius 1 is 1.04 bits per heavy atom. The number of amides is 1. The summed E-state index contributed by atoms with van der Waals surface area (Å²) in [5.41, 5.74) is 0.596. The van der Waals surface area contributed by atoms with E-state index < -0.39 is 18.5 Å². The minimum atomic E-state index is -0.708. The Morgan fingerprint density at radius 2 is 1.80 bits per heavy atom. The lowest BCUT2D eigenvalue weighted by Gasteiger charge is -2.12. The molecule has 0 aliphatic rings. The Labute approximate surface area is 154 Å². The van der Waals surface area contributed by atoms with E-state index in [0.717, 1.165) is 0 Å². The van der Waals surface area contributed by atoms with Gasteiger partial charge in [0.15, 0.2) is 18.1 Å². The van der Waals surface area contributed by atoms with Gasteiger partial charge in [-0.1, -0.05) is 29.3 Å². The Kier molecular flexibility index (Phi) is 6.50. The van der Waals surface area contributed by atoms with Crippen LogP contribution in [0.15, 0.2) is 36.4 Å². The van der Waals surface area contributed by atoms with Crippen molar-refractivity contribution in [1.82, 2.24) is 0 Å². The third-order valence-corrected chi connectivity index (χ3v) is 3.90. The van der Waals surface area contributed by atoms with E-state index in [9.17, 15) is 9.59 Å². The highest BCUT2D eigenvalue weighted by atomic mass is 35.5. The van der Waals surface area contributed by atoms with Crippen LogP contribution < -0.4 is 14.8 Å². The van der Waals surface area contributed by atoms with Gasteiger partial charge in [-0.2, -0.15) is 0 Å². The van der Waals surface area contributed by atoms with Crippen LogP contribution in [0, 0.1) is 0 Å². The van der Waals surface area contributed by atoms with Gasteiger partial charge in [0.2, 0.25) is 0 Å². The topological polar surface area (TPSA) is 73.9 Å². The molecule has 0 bridgehead atoms. The van der Waals surface area contributed by atoms with Crippen LogP contribution in [0.1, 0.15) is 10.4 Å². The SMILES string of the molecule is COc1cccc(C(=O)OCC(=O)Nc2ccc(Cl)c(Cl)c2)c1OC. The van der Waals surface area contributed by atoms with E-state index in [4.69, 9.17) is 37.4 Å². The van der Waals surface area contributed by atoms with Gasteiger partial charge in [0, 0.05) is 5.69 Å². The number of carbonyl (C=O) groups excluding carboxylic acids is 2. The number of benzene rings is 2. The molecule has 1 N–H and O–H groups in total. The number of carbonyl (C=O) groups is 2. The van der Waals surface area contributed by atoms with Crippen molar-refractivity contribution in [2.45, 2.75) is 0 Å². The number of esters is 1. The van der Waals surface area contributed by atoms with Crippen LogP contribution in [0.5, 0.6) is 11.5 Å². The Bertz CT molecular complexity index is 795. The predicted molar refractivity (Wildman–Crippen MR) is 94.9 cm³/mol. The molecule has 0 aliphatic heterocycles. The van der Waals surface area contributed by atoms with Gasteiger partial charge in [-0.15, -0.1) is 0 Å². The zero-order valence-corrected chi connectivity index (χ0v) is 15.0. The predicted octanol–water partition coefficient (Wildman–Crippen LogP) is 3.81. The lowest BCUT2D eigenvalue weighted by Crippen LogP contribution is -2.21. The van der Waals surface area contributed by atoms with Crippen LogP contribution in [-0.4, -0.2) is 32.7 Å². The quantitative estimate of drug-likeness (QED) is 0.767. The van der Waals surface area contributed by atoms with Gasteiger partial charge < -0.3 is 19.5 Å². The summed E-state index contributed by atoms with van der Waals surface area (Å²) < 4.78 is 15.3. The van der Waals surface area contributed by atoms with Crippen molar-refractivity contribution in [1.29, 1.82) is 0 Å². The fourth-order valence-electron chi connectivity index (χ4n) is 2.03. The van der Waals surface area contributed by atoms with Crippen LogP contribution >= 0.6 is 23.2 Å². The molecule has 0 saturated carbocycles. The lowest BCUT2D eigenvalue weighted by atomic mass is 10.2. The first-order chi connectivity index (χ1) is 12.0. The van der Waals surface area contributed by atoms with Crippen LogP contribution in [0.3, 0.4) is 0 Å². The molecule has 0 fully saturated rings. The number of hydrogen-bond acceptors (Lipinski definition) is 5. The largest absolute Gasteiger partial charge is 0.493 e. The molecule has 2 aromatic carbocycles. The van der Waals surface area contributed by atoms with Crippen molar-refractivity contribution in [3.8, 4) is 11.5 Å². The molecule has 0 heterocycles. The highest BCUT2D eigenvalue weighted by Gasteiger charge is 2.18. The monoisotopic (exact) mass is 383 g/mol. The summed E-state index contributed by atoms with van der Waals surface area (Å²) in [4.78, 5) is 24.1. The number of nitrogens with one attached hydrogen (secondary N) is 1. The normalized spacial score (nSPS) is 10.1. The van der Waals surface area contributed by atoms with E-state index in [0.29, 0.717) is 21.5 Å². The first-order valence-corrected chi connectivity index (χ1v) is 7.85. The molecule has 0 radical (unpaired) electrons. The van der Waals surface area contributed by atoms with E-state index in [1.165, 1.54) is 26.4 Å². The fraction of sp³-hybridized carbons (Fsp3) is 0.176. The summed E-state index contributed by atoms with van der Waals surface area (Å²) in [6.07, 6.45) is 0. The van der Waals surface area contributed by atoms with Crippen molar-refractivity contribution < 1.29 is 23.8 Å². The zero-order valence-electron chi connectivity index (χ0n) is 13.5. The number of anilines is 1. The summed E-state index contributed by atoms with van der Waals surface area (Å²) in [5, 5.41) is 3.23. The maximum atomic E-state index is 12.2. The van der Waals surface area contributed by atoms with Crippen molar-refractivity contribution in [2.24, 2.45) is 0 Å². The molecular formula is C17H15Cl2NO5. The minimum absolute atomic E-state index is 0.157. The Hall–Kier alpha value is -2.44. The number of halogens is 2. The van der Waals surface area contributed by atoms with Gasteiger partial charge >= 0.3 is 5.97 Å². The first kappa shape index (κ1) is 18.9. The van der Waals surface area contributed by atoms with E-state index in [1.54, 1.807) is 24.3 Å². The molecular weight excluding hydrogens is 369 g/mol. The number of para-hydroxylation sites is 1. The van der Waals surface area contributed by atoms with Crippen LogP contribution in [0.2, 0.25) is 10.0 Å². The minimum Gasteiger partial charge on any atom is -0.493 e.